The molecule has 2 N–H and O–H groups in total. The normalized spacial score (nSPS) is 11.5. The Morgan fingerprint density at radius 1 is 1.70 bits per heavy atom. The van der Waals surface area contributed by atoms with Crippen molar-refractivity contribution in [3.63, 3.8) is 0 Å². The average Bonchev–Trinajstić information content (AvgIpc) is 2.83. The van der Waals surface area contributed by atoms with Gasteiger partial charge in [0.25, 0.3) is 5.56 Å². The number of terminal acetylenes is 1. The quantitative estimate of drug-likeness (QED) is 0.848. The van der Waals surface area contributed by atoms with Crippen molar-refractivity contribution < 1.29 is 9.90 Å². The lowest BCUT2D eigenvalue weighted by Gasteiger charge is -2.02. The van der Waals surface area contributed by atoms with E-state index in [2.05, 4.69) is 15.2 Å². The summed E-state index contributed by atoms with van der Waals surface area (Å²) >= 11 is 2.21. The molecule has 7 heteroatoms. The van der Waals surface area contributed by atoms with Crippen molar-refractivity contribution in [2.75, 3.05) is 0 Å². The molecule has 2 aromatic heterocycles. The highest BCUT2D eigenvalue weighted by Crippen LogP contribution is 2.23. The van der Waals surface area contributed by atoms with Gasteiger partial charge in [0, 0.05) is 11.3 Å². The molecule has 0 amide bonds. The standard InChI is InChI=1S/C13H10N2O3S2/c1-3-7(19-4-2)5-10-14-11(16)8-6-9(13(17)18)20-12(8)15-10/h2-3,6H,5H2,1H3,(H,17,18)(H,14,15,16)/b7-3-. The molecule has 0 radical (unpaired) electrons. The van der Waals surface area contributed by atoms with E-state index in [1.807, 2.05) is 13.0 Å². The lowest BCUT2D eigenvalue weighted by atomic mass is 10.3. The first-order chi connectivity index (χ1) is 9.55. The van der Waals surface area contributed by atoms with Crippen LogP contribution in [0.4, 0.5) is 0 Å². The van der Waals surface area contributed by atoms with Crippen molar-refractivity contribution >= 4 is 39.3 Å². The van der Waals surface area contributed by atoms with Crippen LogP contribution in [-0.4, -0.2) is 21.0 Å². The molecule has 0 unspecified atom stereocenters. The molecule has 0 spiro atoms. The summed E-state index contributed by atoms with van der Waals surface area (Å²) in [6, 6.07) is 1.34. The van der Waals surface area contributed by atoms with Crippen molar-refractivity contribution in [1.82, 2.24) is 9.97 Å². The summed E-state index contributed by atoms with van der Waals surface area (Å²) in [6.07, 6.45) is 7.50. The number of H-pyrrole nitrogens is 1. The lowest BCUT2D eigenvalue weighted by Crippen LogP contribution is -2.10. The van der Waals surface area contributed by atoms with E-state index in [1.54, 1.807) is 0 Å². The van der Waals surface area contributed by atoms with E-state index in [-0.39, 0.29) is 10.4 Å². The van der Waals surface area contributed by atoms with Crippen LogP contribution in [-0.2, 0) is 6.42 Å². The Balaban J connectivity index is 2.45. The predicted molar refractivity (Wildman–Crippen MR) is 81.1 cm³/mol. The zero-order chi connectivity index (χ0) is 14.7. The summed E-state index contributed by atoms with van der Waals surface area (Å²) in [4.78, 5) is 31.2. The minimum absolute atomic E-state index is 0.0967. The lowest BCUT2D eigenvalue weighted by molar-refractivity contribution is 0.0702. The minimum atomic E-state index is -1.06. The molecular formula is C13H10N2O3S2. The minimum Gasteiger partial charge on any atom is -0.477 e. The maximum Gasteiger partial charge on any atom is 0.345 e. The number of fused-ring (bicyclic) bond motifs is 1. The molecule has 0 aliphatic rings. The number of thioether (sulfide) groups is 1. The highest BCUT2D eigenvalue weighted by molar-refractivity contribution is 8.07. The van der Waals surface area contributed by atoms with Gasteiger partial charge in [-0.15, -0.1) is 17.8 Å². The van der Waals surface area contributed by atoms with Gasteiger partial charge >= 0.3 is 5.97 Å². The van der Waals surface area contributed by atoms with E-state index in [0.717, 1.165) is 16.2 Å². The second-order valence-corrected chi connectivity index (χ2v) is 5.79. The van der Waals surface area contributed by atoms with E-state index in [9.17, 15) is 9.59 Å². The number of hydrogen-bond donors (Lipinski definition) is 2. The smallest absolute Gasteiger partial charge is 0.345 e. The van der Waals surface area contributed by atoms with Gasteiger partial charge in [-0.1, -0.05) is 6.08 Å². The Morgan fingerprint density at radius 3 is 3.05 bits per heavy atom. The van der Waals surface area contributed by atoms with E-state index in [4.69, 9.17) is 11.5 Å². The van der Waals surface area contributed by atoms with Crippen LogP contribution in [0.25, 0.3) is 10.2 Å². The molecule has 102 valence electrons. The highest BCUT2D eigenvalue weighted by Gasteiger charge is 2.13. The van der Waals surface area contributed by atoms with E-state index < -0.39 is 5.97 Å². The third-order valence-electron chi connectivity index (χ3n) is 2.52. The third-order valence-corrected chi connectivity index (χ3v) is 4.29. The molecule has 0 fully saturated rings. The van der Waals surface area contributed by atoms with Crippen LogP contribution in [0, 0.1) is 11.7 Å². The van der Waals surface area contributed by atoms with Gasteiger partial charge in [-0.3, -0.25) is 4.79 Å². The molecule has 2 aromatic rings. The number of hydrogen-bond acceptors (Lipinski definition) is 5. The SMILES string of the molecule is C#CS/C(=C\C)Cc1nc2sc(C(=O)O)cc2c(=O)[nH]1. The first kappa shape index (κ1) is 14.4. The van der Waals surface area contributed by atoms with Gasteiger partial charge in [0.15, 0.2) is 0 Å². The molecule has 0 saturated carbocycles. The number of nitrogens with one attached hydrogen (secondary N) is 1. The second kappa shape index (κ2) is 5.94. The summed E-state index contributed by atoms with van der Waals surface area (Å²) in [6.45, 7) is 1.85. The topological polar surface area (TPSA) is 83.0 Å². The van der Waals surface area contributed by atoms with Gasteiger partial charge in [0.05, 0.1) is 5.39 Å². The zero-order valence-electron chi connectivity index (χ0n) is 10.5. The van der Waals surface area contributed by atoms with Gasteiger partial charge in [0.1, 0.15) is 15.5 Å². The van der Waals surface area contributed by atoms with Crippen LogP contribution in [0.3, 0.4) is 0 Å². The fourth-order valence-corrected chi connectivity index (χ4v) is 2.97. The number of aromatic amines is 1. The van der Waals surface area contributed by atoms with Crippen LogP contribution < -0.4 is 5.56 Å². The molecule has 0 aromatic carbocycles. The Bertz CT molecular complexity index is 796. The molecule has 5 nitrogen and oxygen atoms in total. The largest absolute Gasteiger partial charge is 0.477 e. The van der Waals surface area contributed by atoms with Gasteiger partial charge in [-0.25, -0.2) is 9.78 Å². The second-order valence-electron chi connectivity index (χ2n) is 3.80. The van der Waals surface area contributed by atoms with E-state index in [0.29, 0.717) is 22.5 Å². The highest BCUT2D eigenvalue weighted by atomic mass is 32.2. The van der Waals surface area contributed by atoms with Gasteiger partial charge in [-0.2, -0.15) is 0 Å². The first-order valence-corrected chi connectivity index (χ1v) is 7.22. The van der Waals surface area contributed by atoms with Crippen LogP contribution in [0.2, 0.25) is 0 Å². The Labute approximate surface area is 122 Å². The maximum absolute atomic E-state index is 11.9. The number of rotatable bonds is 4. The molecule has 2 rings (SSSR count). The van der Waals surface area contributed by atoms with E-state index in [1.165, 1.54) is 17.8 Å². The summed E-state index contributed by atoms with van der Waals surface area (Å²) in [7, 11) is 0. The fraction of sp³-hybridized carbons (Fsp3) is 0.154. The van der Waals surface area contributed by atoms with Crippen molar-refractivity contribution in [2.45, 2.75) is 13.3 Å². The summed E-state index contributed by atoms with van der Waals surface area (Å²) in [5.41, 5.74) is -0.338. The molecule has 0 saturated heterocycles. The predicted octanol–water partition coefficient (Wildman–Crippen LogP) is 2.45. The van der Waals surface area contributed by atoms with Gasteiger partial charge in [0.2, 0.25) is 0 Å². The summed E-state index contributed by atoms with van der Waals surface area (Å²) in [5.74, 6) is -0.594. The number of aromatic nitrogens is 2. The van der Waals surface area contributed by atoms with Crippen LogP contribution in [0.15, 0.2) is 21.8 Å². The Hall–Kier alpha value is -2.04. The molecule has 0 bridgehead atoms. The van der Waals surface area contributed by atoms with Crippen LogP contribution in [0.5, 0.6) is 0 Å². The number of carboxylic acid groups (broad SMARTS) is 1. The van der Waals surface area contributed by atoms with Crippen molar-refractivity contribution in [1.29, 1.82) is 0 Å². The number of carboxylic acids is 1. The number of thiophene rings is 1. The summed E-state index contributed by atoms with van der Waals surface area (Å²) in [5, 5.41) is 11.7. The van der Waals surface area contributed by atoms with Gasteiger partial charge in [-0.05, 0) is 30.0 Å². The Kier molecular flexibility index (Phi) is 4.27. The third kappa shape index (κ3) is 2.92. The Morgan fingerprint density at radius 2 is 2.45 bits per heavy atom. The molecule has 0 aliphatic heterocycles. The first-order valence-electron chi connectivity index (χ1n) is 5.58. The number of nitrogens with zero attached hydrogens (tertiary/aromatic N) is 1. The number of aromatic carboxylic acids is 1. The number of carbonyl (C=O) groups is 1. The zero-order valence-corrected chi connectivity index (χ0v) is 12.1. The molecular weight excluding hydrogens is 296 g/mol. The van der Waals surface area contributed by atoms with Crippen molar-refractivity contribution in [3.8, 4) is 11.7 Å². The number of allylic oxidation sites excluding steroid dienone is 2. The van der Waals surface area contributed by atoms with Gasteiger partial charge < -0.3 is 10.1 Å². The molecule has 20 heavy (non-hydrogen) atoms. The molecule has 0 aliphatic carbocycles. The van der Waals surface area contributed by atoms with Crippen molar-refractivity contribution in [2.24, 2.45) is 0 Å². The summed E-state index contributed by atoms with van der Waals surface area (Å²) < 4.78 is 0. The van der Waals surface area contributed by atoms with Crippen molar-refractivity contribution in [3.05, 3.63) is 38.1 Å². The molecule has 2 heterocycles. The van der Waals surface area contributed by atoms with Crippen LogP contribution in [0.1, 0.15) is 22.4 Å². The fourth-order valence-electron chi connectivity index (χ4n) is 1.60. The average molecular weight is 306 g/mol. The van der Waals surface area contributed by atoms with E-state index >= 15 is 0 Å². The molecule has 0 atom stereocenters. The van der Waals surface area contributed by atoms with Crippen LogP contribution >= 0.6 is 23.1 Å². The maximum atomic E-state index is 11.9. The monoisotopic (exact) mass is 306 g/mol.